The molecule has 1 aromatic carbocycles. The van der Waals surface area contributed by atoms with Crippen LogP contribution in [-0.4, -0.2) is 36.9 Å². The van der Waals surface area contributed by atoms with Crippen LogP contribution in [0.25, 0.3) is 9.88 Å². The Bertz CT molecular complexity index is 1240. The van der Waals surface area contributed by atoms with Gasteiger partial charge in [0.25, 0.3) is 0 Å². The quantitative estimate of drug-likeness (QED) is 0.188. The van der Waals surface area contributed by atoms with Crippen LogP contribution in [0.3, 0.4) is 0 Å². The fourth-order valence-corrected chi connectivity index (χ4v) is 5.60. The maximum Gasteiger partial charge on any atom is 0.357 e. The van der Waals surface area contributed by atoms with E-state index in [2.05, 4.69) is 5.32 Å². The summed E-state index contributed by atoms with van der Waals surface area (Å²) in [6, 6.07) is 9.77. The summed E-state index contributed by atoms with van der Waals surface area (Å²) in [6.07, 6.45) is 0.694. The highest BCUT2D eigenvalue weighted by Crippen LogP contribution is 2.31. The summed E-state index contributed by atoms with van der Waals surface area (Å²) in [5, 5.41) is 7.64. The van der Waals surface area contributed by atoms with Crippen LogP contribution in [0.4, 0.5) is 5.69 Å². The van der Waals surface area contributed by atoms with Crippen LogP contribution >= 0.6 is 22.7 Å². The highest BCUT2D eigenvalue weighted by molar-refractivity contribution is 7.87. The van der Waals surface area contributed by atoms with Gasteiger partial charge in [-0.3, -0.25) is 18.9 Å². The summed E-state index contributed by atoms with van der Waals surface area (Å²) in [5.41, 5.74) is 1.65. The lowest BCUT2D eigenvalue weighted by Crippen LogP contribution is -2.39. The van der Waals surface area contributed by atoms with Crippen LogP contribution in [0.2, 0.25) is 0 Å². The minimum atomic E-state index is -4.38. The van der Waals surface area contributed by atoms with E-state index in [9.17, 15) is 18.0 Å². The number of aromatic nitrogens is 1. The highest BCUT2D eigenvalue weighted by Gasteiger charge is 2.31. The van der Waals surface area contributed by atoms with Crippen molar-refractivity contribution in [3.05, 3.63) is 58.4 Å². The first-order chi connectivity index (χ1) is 16.6. The van der Waals surface area contributed by atoms with Gasteiger partial charge >= 0.3 is 16.3 Å². The van der Waals surface area contributed by atoms with Gasteiger partial charge in [0.1, 0.15) is 10.9 Å². The van der Waals surface area contributed by atoms with Gasteiger partial charge < -0.3 is 10.1 Å². The lowest BCUT2D eigenvalue weighted by molar-refractivity contribution is -0.151. The van der Waals surface area contributed by atoms with Crippen molar-refractivity contribution in [3.63, 3.8) is 0 Å². The molecule has 0 bridgehead atoms. The number of hydrogen-bond acceptors (Lipinski definition) is 8. The molecule has 0 spiro atoms. The summed E-state index contributed by atoms with van der Waals surface area (Å²) in [5.74, 6) is -1.87. The van der Waals surface area contributed by atoms with Gasteiger partial charge in [0.05, 0.1) is 29.4 Å². The topological polar surface area (TPSA) is 135 Å². The monoisotopic (exact) mass is 537 g/mol. The molecule has 12 heteroatoms. The second kappa shape index (κ2) is 11.8. The first kappa shape index (κ1) is 26.8. The number of methoxy groups -OCH3 is 1. The molecule has 0 saturated heterocycles. The zero-order valence-corrected chi connectivity index (χ0v) is 21.9. The molecule has 1 amide bonds. The first-order valence-electron chi connectivity index (χ1n) is 10.8. The van der Waals surface area contributed by atoms with Crippen LogP contribution in [0.1, 0.15) is 37.6 Å². The molecule has 2 atom stereocenters. The van der Waals surface area contributed by atoms with E-state index < -0.39 is 34.1 Å². The number of ether oxygens (including phenoxy) is 1. The van der Waals surface area contributed by atoms with Crippen LogP contribution in [0.15, 0.2) is 47.2 Å². The number of nitrogens with zero attached hydrogens (tertiary/aromatic N) is 1. The molecule has 2 heterocycles. The van der Waals surface area contributed by atoms with E-state index >= 15 is 0 Å². The second-order valence-corrected chi connectivity index (χ2v) is 11.3. The molecule has 3 N–H and O–H groups in total. The van der Waals surface area contributed by atoms with Crippen molar-refractivity contribution in [3.8, 4) is 9.88 Å². The average molecular weight is 538 g/mol. The summed E-state index contributed by atoms with van der Waals surface area (Å²) < 4.78 is 37.9. The number of esters is 1. The van der Waals surface area contributed by atoms with Crippen molar-refractivity contribution in [1.82, 2.24) is 10.3 Å². The number of anilines is 1. The zero-order chi connectivity index (χ0) is 25.6. The Balaban J connectivity index is 1.87. The number of hydrogen-bond donors (Lipinski definition) is 3. The van der Waals surface area contributed by atoms with Gasteiger partial charge in [0.15, 0.2) is 0 Å². The summed E-state index contributed by atoms with van der Waals surface area (Å²) in [6.45, 7) is 3.85. The third-order valence-corrected chi connectivity index (χ3v) is 7.47. The third-order valence-electron chi connectivity index (χ3n) is 5.08. The molecular weight excluding hydrogens is 510 g/mol. The van der Waals surface area contributed by atoms with Crippen molar-refractivity contribution in [2.45, 2.75) is 32.7 Å². The van der Waals surface area contributed by atoms with Gasteiger partial charge in [-0.25, -0.2) is 4.98 Å². The van der Waals surface area contributed by atoms with Crippen LogP contribution in [0.5, 0.6) is 0 Å². The van der Waals surface area contributed by atoms with Crippen molar-refractivity contribution < 1.29 is 27.3 Å². The molecule has 188 valence electrons. The Morgan fingerprint density at radius 1 is 1.14 bits per heavy atom. The van der Waals surface area contributed by atoms with Crippen molar-refractivity contribution in [1.29, 1.82) is 0 Å². The Morgan fingerprint density at radius 3 is 2.43 bits per heavy atom. The van der Waals surface area contributed by atoms with Gasteiger partial charge in [-0.05, 0) is 47.9 Å². The lowest BCUT2D eigenvalue weighted by Gasteiger charge is -2.22. The molecular formula is C23H27N3O6S3. The van der Waals surface area contributed by atoms with Crippen LogP contribution < -0.4 is 10.0 Å². The molecule has 0 fully saturated rings. The maximum atomic E-state index is 13.2. The van der Waals surface area contributed by atoms with E-state index in [0.717, 1.165) is 15.4 Å². The van der Waals surface area contributed by atoms with E-state index in [4.69, 9.17) is 14.3 Å². The first-order valence-corrected chi connectivity index (χ1v) is 14.0. The van der Waals surface area contributed by atoms with Crippen LogP contribution in [0, 0.1) is 11.8 Å². The number of carbonyl (C=O) groups excluding carboxylic acids is 2. The fraction of sp³-hybridized carbons (Fsp3) is 0.348. The molecule has 0 aliphatic heterocycles. The second-order valence-electron chi connectivity index (χ2n) is 8.30. The van der Waals surface area contributed by atoms with E-state index in [-0.39, 0.29) is 11.6 Å². The largest absolute Gasteiger partial charge is 0.468 e. The predicted octanol–water partition coefficient (Wildman–Crippen LogP) is 4.32. The minimum Gasteiger partial charge on any atom is -0.468 e. The van der Waals surface area contributed by atoms with Gasteiger partial charge in [-0.2, -0.15) is 8.42 Å². The Labute approximate surface area is 212 Å². The van der Waals surface area contributed by atoms with E-state index in [1.54, 1.807) is 23.5 Å². The SMILES string of the molecule is COC(=O)[C@@H](CC(C)C)C(=O)N[C@@H](Cc1ccc(NS(=O)(=O)O)cc1)c1csc(-c2cccs2)n1. The van der Waals surface area contributed by atoms with Crippen LogP contribution in [-0.2, 0) is 31.1 Å². The van der Waals surface area contributed by atoms with Crippen molar-refractivity contribution >= 4 is 50.5 Å². The molecule has 3 rings (SSSR count). The number of thiophene rings is 1. The molecule has 9 nitrogen and oxygen atoms in total. The van der Waals surface area contributed by atoms with Crippen molar-refractivity contribution in [2.24, 2.45) is 11.8 Å². The van der Waals surface area contributed by atoms with Gasteiger partial charge in [0.2, 0.25) is 5.91 Å². The number of rotatable bonds is 11. The fourth-order valence-electron chi connectivity index (χ4n) is 3.48. The number of thiazole rings is 1. The summed E-state index contributed by atoms with van der Waals surface area (Å²) in [4.78, 5) is 31.2. The van der Waals surface area contributed by atoms with E-state index in [0.29, 0.717) is 18.5 Å². The molecule has 0 radical (unpaired) electrons. The normalized spacial score (nSPS) is 13.3. The average Bonchev–Trinajstić information content (AvgIpc) is 3.48. The maximum absolute atomic E-state index is 13.2. The molecule has 0 aliphatic rings. The summed E-state index contributed by atoms with van der Waals surface area (Å²) in [7, 11) is -3.12. The Morgan fingerprint density at radius 2 is 1.86 bits per heavy atom. The van der Waals surface area contributed by atoms with Gasteiger partial charge in [-0.15, -0.1) is 22.7 Å². The molecule has 3 aromatic rings. The zero-order valence-electron chi connectivity index (χ0n) is 19.4. The molecule has 35 heavy (non-hydrogen) atoms. The lowest BCUT2D eigenvalue weighted by atomic mass is 9.95. The van der Waals surface area contributed by atoms with E-state index in [1.165, 1.54) is 30.6 Å². The molecule has 0 aliphatic carbocycles. The summed E-state index contributed by atoms with van der Waals surface area (Å²) >= 11 is 3.03. The number of nitrogens with one attached hydrogen (secondary N) is 2. The molecule has 0 unspecified atom stereocenters. The Hall–Kier alpha value is -2.80. The highest BCUT2D eigenvalue weighted by atomic mass is 32.2. The van der Waals surface area contributed by atoms with Crippen molar-refractivity contribution in [2.75, 3.05) is 11.8 Å². The third kappa shape index (κ3) is 7.85. The molecule has 2 aromatic heterocycles. The predicted molar refractivity (Wildman–Crippen MR) is 137 cm³/mol. The van der Waals surface area contributed by atoms with Gasteiger partial charge in [0, 0.05) is 5.38 Å². The Kier molecular flexibility index (Phi) is 9.00. The minimum absolute atomic E-state index is 0.107. The molecule has 0 saturated carbocycles. The number of amides is 1. The smallest absolute Gasteiger partial charge is 0.357 e. The number of carbonyl (C=O) groups is 2. The van der Waals surface area contributed by atoms with Gasteiger partial charge in [-0.1, -0.05) is 32.0 Å². The number of benzene rings is 1. The van der Waals surface area contributed by atoms with E-state index in [1.807, 2.05) is 41.5 Å². The standard InChI is InChI=1S/C23H27N3O6S3/c1-14(2)11-17(23(28)32-3)21(27)24-18(19-13-34-22(25-19)20-5-4-10-33-20)12-15-6-8-16(9-7-15)26-35(29,30)31/h4-10,13-14,17-18,26H,11-12H2,1-3H3,(H,24,27)(H,29,30,31)/t17-,18-/m0/s1.